The highest BCUT2D eigenvalue weighted by atomic mass is 35.5. The number of carbonyl (C=O) groups excluding carboxylic acids is 1. The molecule has 1 aromatic heterocycles. The monoisotopic (exact) mass is 371 g/mol. The van der Waals surface area contributed by atoms with Gasteiger partial charge in [-0.05, 0) is 36.4 Å². The third-order valence-electron chi connectivity index (χ3n) is 3.79. The van der Waals surface area contributed by atoms with E-state index in [1.165, 1.54) is 4.68 Å². The Hall–Kier alpha value is -3.26. The number of benzene rings is 2. The largest absolute Gasteiger partial charge is 0.486 e. The summed E-state index contributed by atoms with van der Waals surface area (Å²) in [5.41, 5.74) is 7.25. The van der Waals surface area contributed by atoms with Crippen molar-refractivity contribution in [2.24, 2.45) is 0 Å². The van der Waals surface area contributed by atoms with Crippen LogP contribution in [0.5, 0.6) is 11.5 Å². The van der Waals surface area contributed by atoms with E-state index in [1.807, 2.05) is 0 Å². The van der Waals surface area contributed by atoms with Gasteiger partial charge in [-0.1, -0.05) is 16.8 Å². The number of anilines is 2. The van der Waals surface area contributed by atoms with Gasteiger partial charge in [0, 0.05) is 16.8 Å². The minimum absolute atomic E-state index is 0.0230. The van der Waals surface area contributed by atoms with Crippen LogP contribution < -0.4 is 20.5 Å². The third-order valence-corrected chi connectivity index (χ3v) is 4.04. The van der Waals surface area contributed by atoms with Crippen LogP contribution in [0.15, 0.2) is 42.5 Å². The second kappa shape index (κ2) is 6.57. The maximum Gasteiger partial charge on any atom is 0.280 e. The molecule has 1 amide bonds. The number of hydrogen-bond donors (Lipinski definition) is 2. The quantitative estimate of drug-likeness (QED) is 0.733. The molecule has 0 spiro atoms. The molecule has 3 N–H and O–H groups in total. The van der Waals surface area contributed by atoms with Gasteiger partial charge in [-0.3, -0.25) is 4.79 Å². The molecule has 0 radical (unpaired) electrons. The van der Waals surface area contributed by atoms with Gasteiger partial charge in [0.2, 0.25) is 0 Å². The predicted molar refractivity (Wildman–Crippen MR) is 96.2 cm³/mol. The number of ether oxygens (including phenoxy) is 2. The Morgan fingerprint density at radius 1 is 1.12 bits per heavy atom. The van der Waals surface area contributed by atoms with Crippen molar-refractivity contribution in [2.75, 3.05) is 24.3 Å². The molecular weight excluding hydrogens is 358 g/mol. The summed E-state index contributed by atoms with van der Waals surface area (Å²) in [6, 6.07) is 12.0. The lowest BCUT2D eigenvalue weighted by Crippen LogP contribution is -2.17. The van der Waals surface area contributed by atoms with E-state index in [1.54, 1.807) is 42.5 Å². The minimum Gasteiger partial charge on any atom is -0.486 e. The van der Waals surface area contributed by atoms with Crippen molar-refractivity contribution < 1.29 is 14.3 Å². The smallest absolute Gasteiger partial charge is 0.280 e. The second-order valence-corrected chi connectivity index (χ2v) is 5.96. The lowest BCUT2D eigenvalue weighted by atomic mass is 10.2. The van der Waals surface area contributed by atoms with Crippen molar-refractivity contribution in [1.82, 2.24) is 15.0 Å². The zero-order valence-electron chi connectivity index (χ0n) is 13.5. The number of fused-ring (bicyclic) bond motifs is 1. The van der Waals surface area contributed by atoms with Gasteiger partial charge in [0.15, 0.2) is 23.0 Å². The summed E-state index contributed by atoms with van der Waals surface area (Å²) in [6.07, 6.45) is 0. The fraction of sp³-hybridized carbons (Fsp3) is 0.118. The molecule has 2 aromatic carbocycles. The first-order valence-electron chi connectivity index (χ1n) is 7.80. The van der Waals surface area contributed by atoms with Crippen LogP contribution in [0.4, 0.5) is 11.5 Å². The summed E-state index contributed by atoms with van der Waals surface area (Å²) >= 11 is 5.88. The number of hydrogen-bond acceptors (Lipinski definition) is 6. The number of nitrogens with zero attached hydrogens (tertiary/aromatic N) is 3. The van der Waals surface area contributed by atoms with Crippen molar-refractivity contribution in [1.29, 1.82) is 0 Å². The molecule has 0 fully saturated rings. The van der Waals surface area contributed by atoms with E-state index < -0.39 is 5.91 Å². The number of carbonyl (C=O) groups is 1. The molecule has 26 heavy (non-hydrogen) atoms. The summed E-state index contributed by atoms with van der Waals surface area (Å²) < 4.78 is 12.3. The lowest BCUT2D eigenvalue weighted by molar-refractivity contribution is 0.102. The van der Waals surface area contributed by atoms with Gasteiger partial charge in [-0.2, -0.15) is 4.68 Å². The van der Waals surface area contributed by atoms with Crippen LogP contribution in [0.1, 0.15) is 10.5 Å². The van der Waals surface area contributed by atoms with Crippen molar-refractivity contribution in [3.05, 3.63) is 53.2 Å². The molecule has 4 rings (SSSR count). The summed E-state index contributed by atoms with van der Waals surface area (Å²) in [7, 11) is 0. The lowest BCUT2D eigenvalue weighted by Gasteiger charge is -2.18. The molecule has 0 saturated heterocycles. The summed E-state index contributed by atoms with van der Waals surface area (Å²) in [5, 5.41) is 11.1. The van der Waals surface area contributed by atoms with E-state index in [0.29, 0.717) is 41.1 Å². The van der Waals surface area contributed by atoms with Gasteiger partial charge in [0.05, 0.1) is 5.69 Å². The number of amides is 1. The third kappa shape index (κ3) is 3.02. The van der Waals surface area contributed by atoms with Crippen molar-refractivity contribution in [3.63, 3.8) is 0 Å². The van der Waals surface area contributed by atoms with E-state index >= 15 is 0 Å². The van der Waals surface area contributed by atoms with E-state index in [2.05, 4.69) is 15.6 Å². The highest BCUT2D eigenvalue weighted by molar-refractivity contribution is 6.30. The molecule has 3 aromatic rings. The van der Waals surface area contributed by atoms with Crippen LogP contribution in [0.25, 0.3) is 5.69 Å². The van der Waals surface area contributed by atoms with Crippen molar-refractivity contribution in [2.45, 2.75) is 0 Å². The number of nitrogens with two attached hydrogens (primary N) is 1. The molecule has 0 saturated carbocycles. The number of rotatable bonds is 3. The van der Waals surface area contributed by atoms with E-state index in [9.17, 15) is 4.79 Å². The molecule has 0 atom stereocenters. The molecule has 132 valence electrons. The van der Waals surface area contributed by atoms with Crippen LogP contribution in [-0.4, -0.2) is 34.1 Å². The Morgan fingerprint density at radius 3 is 2.62 bits per heavy atom. The highest BCUT2D eigenvalue weighted by Gasteiger charge is 2.19. The highest BCUT2D eigenvalue weighted by Crippen LogP contribution is 2.32. The fourth-order valence-electron chi connectivity index (χ4n) is 2.54. The predicted octanol–water partition coefficient (Wildman–Crippen LogP) is 2.53. The Bertz CT molecular complexity index is 971. The zero-order chi connectivity index (χ0) is 18.1. The molecule has 8 nitrogen and oxygen atoms in total. The van der Waals surface area contributed by atoms with Gasteiger partial charge in [0.1, 0.15) is 13.2 Å². The number of nitrogens with one attached hydrogen (secondary N) is 1. The summed E-state index contributed by atoms with van der Waals surface area (Å²) in [4.78, 5) is 12.5. The van der Waals surface area contributed by atoms with Gasteiger partial charge >= 0.3 is 0 Å². The Morgan fingerprint density at radius 2 is 1.85 bits per heavy atom. The van der Waals surface area contributed by atoms with Gasteiger partial charge in [0.25, 0.3) is 5.91 Å². The zero-order valence-corrected chi connectivity index (χ0v) is 14.2. The summed E-state index contributed by atoms with van der Waals surface area (Å²) in [5.74, 6) is 0.871. The standard InChI is InChI=1S/C17H14ClN5O3/c18-10-1-4-12(5-2-10)23-16(19)15(21-22-23)17(24)20-11-3-6-13-14(9-11)26-8-7-25-13/h1-6,9H,7-8,19H2,(H,20,24). The van der Waals surface area contributed by atoms with Gasteiger partial charge in [-0.25, -0.2) is 0 Å². The Kier molecular flexibility index (Phi) is 4.10. The molecule has 2 heterocycles. The van der Waals surface area contributed by atoms with E-state index in [0.717, 1.165) is 0 Å². The van der Waals surface area contributed by atoms with Crippen LogP contribution in [0.2, 0.25) is 5.02 Å². The molecule has 0 bridgehead atoms. The van der Waals surface area contributed by atoms with Gasteiger partial charge in [-0.15, -0.1) is 5.10 Å². The normalized spacial score (nSPS) is 12.7. The molecule has 9 heteroatoms. The van der Waals surface area contributed by atoms with E-state index in [4.69, 9.17) is 26.8 Å². The number of aromatic nitrogens is 3. The average Bonchev–Trinajstić information content (AvgIpc) is 3.04. The molecule has 0 aliphatic carbocycles. The fourth-order valence-corrected chi connectivity index (χ4v) is 2.66. The van der Waals surface area contributed by atoms with E-state index in [-0.39, 0.29) is 11.5 Å². The van der Waals surface area contributed by atoms with Crippen LogP contribution in [-0.2, 0) is 0 Å². The first-order chi connectivity index (χ1) is 12.6. The summed E-state index contributed by atoms with van der Waals surface area (Å²) in [6.45, 7) is 0.968. The molecule has 0 unspecified atom stereocenters. The van der Waals surface area contributed by atoms with Gasteiger partial charge < -0.3 is 20.5 Å². The van der Waals surface area contributed by atoms with Crippen molar-refractivity contribution >= 4 is 29.0 Å². The molecule has 1 aliphatic rings. The SMILES string of the molecule is Nc1c(C(=O)Nc2ccc3c(c2)OCCO3)nnn1-c1ccc(Cl)cc1. The average molecular weight is 372 g/mol. The van der Waals surface area contributed by atoms with Crippen molar-refractivity contribution in [3.8, 4) is 17.2 Å². The number of nitrogen functional groups attached to an aromatic ring is 1. The second-order valence-electron chi connectivity index (χ2n) is 5.52. The van der Waals surface area contributed by atoms with Crippen LogP contribution in [0, 0.1) is 0 Å². The first-order valence-corrected chi connectivity index (χ1v) is 8.18. The Labute approximate surface area is 153 Å². The minimum atomic E-state index is -0.473. The maximum atomic E-state index is 12.5. The number of halogens is 1. The molecule has 1 aliphatic heterocycles. The van der Waals surface area contributed by atoms with Crippen LogP contribution in [0.3, 0.4) is 0 Å². The molecular formula is C17H14ClN5O3. The first kappa shape index (κ1) is 16.2. The van der Waals surface area contributed by atoms with Crippen LogP contribution >= 0.6 is 11.6 Å². The maximum absolute atomic E-state index is 12.5. The topological polar surface area (TPSA) is 104 Å². The Balaban J connectivity index is 1.56.